The molecule has 0 saturated carbocycles. The molecule has 0 bridgehead atoms. The zero-order chi connectivity index (χ0) is 10.8. The van der Waals surface area contributed by atoms with Crippen molar-refractivity contribution in [2.45, 2.75) is 13.0 Å². The molecule has 5 nitrogen and oxygen atoms in total. The van der Waals surface area contributed by atoms with Crippen LogP contribution in [-0.4, -0.2) is 35.4 Å². The van der Waals surface area contributed by atoms with E-state index in [-0.39, 0.29) is 11.8 Å². The molecular formula is C10H11NO4. The fourth-order valence-electron chi connectivity index (χ4n) is 1.29. The second-order valence-electron chi connectivity index (χ2n) is 3.41. The third-order valence-corrected chi connectivity index (χ3v) is 2.06. The highest BCUT2D eigenvalue weighted by Gasteiger charge is 2.20. The summed E-state index contributed by atoms with van der Waals surface area (Å²) >= 11 is 0. The Balaban J connectivity index is 2.18. The van der Waals surface area contributed by atoms with Gasteiger partial charge in [0.05, 0.1) is 13.2 Å². The van der Waals surface area contributed by atoms with E-state index >= 15 is 0 Å². The number of nitrogens with zero attached hydrogens (tertiary/aromatic N) is 1. The monoisotopic (exact) mass is 209 g/mol. The maximum atomic E-state index is 10.7. The Morgan fingerprint density at radius 3 is 2.87 bits per heavy atom. The Labute approximate surface area is 86.7 Å². The van der Waals surface area contributed by atoms with Gasteiger partial charge in [-0.25, -0.2) is 9.78 Å². The van der Waals surface area contributed by atoms with Gasteiger partial charge in [-0.1, -0.05) is 0 Å². The number of rotatable bonds is 3. The summed E-state index contributed by atoms with van der Waals surface area (Å²) in [4.78, 5) is 14.6. The highest BCUT2D eigenvalue weighted by Crippen LogP contribution is 2.18. The quantitative estimate of drug-likeness (QED) is 0.799. The molecule has 0 aromatic carbocycles. The number of carboxylic acid groups (broad SMARTS) is 1. The molecule has 1 aromatic rings. The van der Waals surface area contributed by atoms with Crippen molar-refractivity contribution in [1.82, 2.24) is 4.98 Å². The molecule has 0 atom stereocenters. The van der Waals surface area contributed by atoms with Crippen molar-refractivity contribution in [2.75, 3.05) is 13.2 Å². The maximum absolute atomic E-state index is 10.7. The number of ether oxygens (including phenoxy) is 2. The van der Waals surface area contributed by atoms with Gasteiger partial charge in [-0.15, -0.1) is 0 Å². The molecule has 2 heterocycles. The summed E-state index contributed by atoms with van der Waals surface area (Å²) in [5, 5.41) is 8.80. The van der Waals surface area contributed by atoms with Crippen LogP contribution in [0.2, 0.25) is 0 Å². The number of aromatic nitrogens is 1. The van der Waals surface area contributed by atoms with E-state index in [1.807, 2.05) is 0 Å². The van der Waals surface area contributed by atoms with E-state index in [9.17, 15) is 4.79 Å². The second-order valence-corrected chi connectivity index (χ2v) is 3.41. The standard InChI is InChI=1S/C10H11NO4/c1-6-2-7(15-8-4-14-5-8)3-9(11-6)10(12)13/h2-3,8H,4-5H2,1H3,(H,12,13). The van der Waals surface area contributed by atoms with Gasteiger partial charge in [0.15, 0.2) is 5.69 Å². The van der Waals surface area contributed by atoms with Gasteiger partial charge in [0.25, 0.3) is 0 Å². The van der Waals surface area contributed by atoms with Crippen molar-refractivity contribution in [1.29, 1.82) is 0 Å². The molecule has 1 aliphatic rings. The molecule has 0 spiro atoms. The largest absolute Gasteiger partial charge is 0.485 e. The first-order valence-electron chi connectivity index (χ1n) is 4.61. The lowest BCUT2D eigenvalue weighted by Crippen LogP contribution is -2.38. The minimum Gasteiger partial charge on any atom is -0.485 e. The zero-order valence-corrected chi connectivity index (χ0v) is 8.27. The summed E-state index contributed by atoms with van der Waals surface area (Å²) in [7, 11) is 0. The predicted molar refractivity (Wildman–Crippen MR) is 51.2 cm³/mol. The molecule has 80 valence electrons. The van der Waals surface area contributed by atoms with Gasteiger partial charge >= 0.3 is 5.97 Å². The van der Waals surface area contributed by atoms with Crippen LogP contribution < -0.4 is 4.74 Å². The minimum atomic E-state index is -1.05. The van der Waals surface area contributed by atoms with E-state index < -0.39 is 5.97 Å². The van der Waals surface area contributed by atoms with Crippen LogP contribution in [0.3, 0.4) is 0 Å². The Bertz CT molecular complexity index is 387. The zero-order valence-electron chi connectivity index (χ0n) is 8.27. The second kappa shape index (κ2) is 3.86. The molecule has 1 aromatic heterocycles. The van der Waals surface area contributed by atoms with E-state index in [4.69, 9.17) is 14.6 Å². The third-order valence-electron chi connectivity index (χ3n) is 2.06. The molecule has 0 radical (unpaired) electrons. The Morgan fingerprint density at radius 2 is 2.33 bits per heavy atom. The van der Waals surface area contributed by atoms with Crippen molar-refractivity contribution >= 4 is 5.97 Å². The van der Waals surface area contributed by atoms with Crippen LogP contribution in [0.5, 0.6) is 5.75 Å². The average Bonchev–Trinajstić information content (AvgIpc) is 2.10. The Kier molecular flexibility index (Phi) is 2.55. The van der Waals surface area contributed by atoms with Crippen molar-refractivity contribution < 1.29 is 19.4 Å². The van der Waals surface area contributed by atoms with Crippen molar-refractivity contribution in [3.05, 3.63) is 23.5 Å². The molecule has 15 heavy (non-hydrogen) atoms. The number of carboxylic acids is 1. The maximum Gasteiger partial charge on any atom is 0.354 e. The normalized spacial score (nSPS) is 15.8. The van der Waals surface area contributed by atoms with Crippen molar-refractivity contribution in [2.24, 2.45) is 0 Å². The van der Waals surface area contributed by atoms with Crippen LogP contribution in [0.1, 0.15) is 16.2 Å². The Morgan fingerprint density at radius 1 is 1.60 bits per heavy atom. The average molecular weight is 209 g/mol. The summed E-state index contributed by atoms with van der Waals surface area (Å²) in [5.41, 5.74) is 0.635. The molecular weight excluding hydrogens is 198 g/mol. The molecule has 1 saturated heterocycles. The van der Waals surface area contributed by atoms with Crippen LogP contribution in [0, 0.1) is 6.92 Å². The third kappa shape index (κ3) is 2.24. The van der Waals surface area contributed by atoms with Gasteiger partial charge in [-0.05, 0) is 6.92 Å². The Hall–Kier alpha value is -1.62. The molecule has 1 N–H and O–H groups in total. The summed E-state index contributed by atoms with van der Waals surface area (Å²) in [5.74, 6) is -0.512. The number of carbonyl (C=O) groups is 1. The molecule has 1 fully saturated rings. The van der Waals surface area contributed by atoms with E-state index in [2.05, 4.69) is 4.98 Å². The first-order valence-corrected chi connectivity index (χ1v) is 4.61. The summed E-state index contributed by atoms with van der Waals surface area (Å²) in [6.07, 6.45) is 0.0356. The number of hydrogen-bond acceptors (Lipinski definition) is 4. The van der Waals surface area contributed by atoms with Crippen LogP contribution in [0.15, 0.2) is 12.1 Å². The van der Waals surface area contributed by atoms with Gasteiger partial charge in [0.1, 0.15) is 11.9 Å². The molecule has 0 unspecified atom stereocenters. The van der Waals surface area contributed by atoms with Crippen molar-refractivity contribution in [3.8, 4) is 5.75 Å². The fraction of sp³-hybridized carbons (Fsp3) is 0.400. The summed E-state index contributed by atoms with van der Waals surface area (Å²) < 4.78 is 10.5. The van der Waals surface area contributed by atoms with Gasteiger partial charge in [0, 0.05) is 17.8 Å². The lowest BCUT2D eigenvalue weighted by atomic mass is 10.2. The number of hydrogen-bond donors (Lipinski definition) is 1. The van der Waals surface area contributed by atoms with Crippen LogP contribution >= 0.6 is 0 Å². The van der Waals surface area contributed by atoms with Gasteiger partial charge in [-0.3, -0.25) is 0 Å². The van der Waals surface area contributed by atoms with Gasteiger partial charge in [0.2, 0.25) is 0 Å². The van der Waals surface area contributed by atoms with Crippen LogP contribution in [0.4, 0.5) is 0 Å². The molecule has 2 rings (SSSR count). The smallest absolute Gasteiger partial charge is 0.354 e. The molecule has 5 heteroatoms. The SMILES string of the molecule is Cc1cc(OC2COC2)cc(C(=O)O)n1. The van der Waals surface area contributed by atoms with E-state index in [1.165, 1.54) is 6.07 Å². The number of aryl methyl sites for hydroxylation is 1. The predicted octanol–water partition coefficient (Wildman–Crippen LogP) is 0.866. The van der Waals surface area contributed by atoms with Crippen molar-refractivity contribution in [3.63, 3.8) is 0 Å². The summed E-state index contributed by atoms with van der Waals surface area (Å²) in [6.45, 7) is 2.85. The topological polar surface area (TPSA) is 68.7 Å². The van der Waals surface area contributed by atoms with Gasteiger partial charge in [-0.2, -0.15) is 0 Å². The van der Waals surface area contributed by atoms with Crippen LogP contribution in [0.25, 0.3) is 0 Å². The highest BCUT2D eigenvalue weighted by atomic mass is 16.6. The lowest BCUT2D eigenvalue weighted by molar-refractivity contribution is -0.0797. The molecule has 1 aliphatic heterocycles. The van der Waals surface area contributed by atoms with Gasteiger partial charge < -0.3 is 14.6 Å². The number of pyridine rings is 1. The van der Waals surface area contributed by atoms with E-state index in [0.717, 1.165) is 0 Å². The summed E-state index contributed by atoms with van der Waals surface area (Å²) in [6, 6.07) is 3.14. The van der Waals surface area contributed by atoms with Crippen LogP contribution in [-0.2, 0) is 4.74 Å². The first kappa shape index (κ1) is 9.92. The fourth-order valence-corrected chi connectivity index (χ4v) is 1.29. The molecule has 0 aliphatic carbocycles. The first-order chi connectivity index (χ1) is 7.15. The molecule has 0 amide bonds. The lowest BCUT2D eigenvalue weighted by Gasteiger charge is -2.26. The van der Waals surface area contributed by atoms with E-state index in [0.29, 0.717) is 24.7 Å². The van der Waals surface area contributed by atoms with E-state index in [1.54, 1.807) is 13.0 Å². The highest BCUT2D eigenvalue weighted by molar-refractivity contribution is 5.85. The minimum absolute atomic E-state index is 0.00485. The number of aromatic carboxylic acids is 1.